The molecule has 7 heteroatoms. The number of carbonyl (C=O) groups excluding carboxylic acids is 2. The maximum absolute atomic E-state index is 12.3. The molecule has 1 aromatic heterocycles. The quantitative estimate of drug-likeness (QED) is 0.931. The van der Waals surface area contributed by atoms with Gasteiger partial charge in [-0.3, -0.25) is 14.5 Å². The van der Waals surface area contributed by atoms with Crippen LogP contribution in [0, 0.1) is 0 Å². The van der Waals surface area contributed by atoms with Crippen molar-refractivity contribution in [3.8, 4) is 5.75 Å². The molecule has 0 bridgehead atoms. The van der Waals surface area contributed by atoms with Gasteiger partial charge in [-0.25, -0.2) is 0 Å². The Labute approximate surface area is 138 Å². The first kappa shape index (κ1) is 15.4. The van der Waals surface area contributed by atoms with Crippen LogP contribution in [0.5, 0.6) is 5.75 Å². The molecule has 0 saturated carbocycles. The van der Waals surface area contributed by atoms with Crippen molar-refractivity contribution < 1.29 is 18.7 Å². The molecule has 3 rings (SSSR count). The SMILES string of the molecule is CC1Oc2ccc(Cl)cc2N(CC(=O)NCc2ccco2)C1=O. The molecule has 0 saturated heterocycles. The minimum atomic E-state index is -0.651. The summed E-state index contributed by atoms with van der Waals surface area (Å²) in [5.74, 6) is 0.589. The van der Waals surface area contributed by atoms with Crippen molar-refractivity contribution in [2.24, 2.45) is 0 Å². The van der Waals surface area contributed by atoms with Gasteiger partial charge >= 0.3 is 0 Å². The number of rotatable bonds is 4. The van der Waals surface area contributed by atoms with E-state index in [1.54, 1.807) is 37.3 Å². The molecule has 23 heavy (non-hydrogen) atoms. The molecule has 1 aromatic carbocycles. The van der Waals surface area contributed by atoms with E-state index in [1.165, 1.54) is 11.2 Å². The fourth-order valence-electron chi connectivity index (χ4n) is 2.34. The number of halogens is 1. The number of furan rings is 1. The number of anilines is 1. The van der Waals surface area contributed by atoms with Crippen LogP contribution in [-0.2, 0) is 16.1 Å². The molecular formula is C16H15ClN2O4. The Morgan fingerprint density at radius 2 is 2.22 bits per heavy atom. The van der Waals surface area contributed by atoms with E-state index < -0.39 is 6.10 Å². The number of fused-ring (bicyclic) bond motifs is 1. The van der Waals surface area contributed by atoms with Crippen molar-refractivity contribution in [1.82, 2.24) is 5.32 Å². The van der Waals surface area contributed by atoms with Gasteiger partial charge in [0.1, 0.15) is 18.1 Å². The molecule has 1 aliphatic heterocycles. The zero-order chi connectivity index (χ0) is 16.4. The fraction of sp³-hybridized carbons (Fsp3) is 0.250. The van der Waals surface area contributed by atoms with E-state index >= 15 is 0 Å². The van der Waals surface area contributed by atoms with E-state index in [-0.39, 0.29) is 24.9 Å². The molecule has 0 spiro atoms. The molecular weight excluding hydrogens is 320 g/mol. The van der Waals surface area contributed by atoms with Crippen molar-refractivity contribution in [1.29, 1.82) is 0 Å². The van der Waals surface area contributed by atoms with Crippen LogP contribution >= 0.6 is 11.6 Å². The number of nitrogens with zero attached hydrogens (tertiary/aromatic N) is 1. The summed E-state index contributed by atoms with van der Waals surface area (Å²) in [5, 5.41) is 3.18. The van der Waals surface area contributed by atoms with Crippen LogP contribution < -0.4 is 15.0 Å². The van der Waals surface area contributed by atoms with Crippen molar-refractivity contribution >= 4 is 29.1 Å². The largest absolute Gasteiger partial charge is 0.479 e. The summed E-state index contributed by atoms with van der Waals surface area (Å²) in [6.45, 7) is 1.80. The summed E-state index contributed by atoms with van der Waals surface area (Å²) in [4.78, 5) is 25.8. The van der Waals surface area contributed by atoms with Crippen molar-refractivity contribution in [3.63, 3.8) is 0 Å². The van der Waals surface area contributed by atoms with Crippen LogP contribution in [0.1, 0.15) is 12.7 Å². The Hall–Kier alpha value is -2.47. The van der Waals surface area contributed by atoms with Crippen LogP contribution in [0.3, 0.4) is 0 Å². The molecule has 2 heterocycles. The van der Waals surface area contributed by atoms with E-state index in [1.807, 2.05) is 0 Å². The highest BCUT2D eigenvalue weighted by atomic mass is 35.5. The average molecular weight is 335 g/mol. The average Bonchev–Trinajstić information content (AvgIpc) is 3.04. The van der Waals surface area contributed by atoms with Crippen LogP contribution in [0.15, 0.2) is 41.0 Å². The van der Waals surface area contributed by atoms with Gasteiger partial charge in [-0.05, 0) is 37.3 Å². The van der Waals surface area contributed by atoms with E-state index in [4.69, 9.17) is 20.8 Å². The fourth-order valence-corrected chi connectivity index (χ4v) is 2.51. The van der Waals surface area contributed by atoms with Gasteiger partial charge in [-0.15, -0.1) is 0 Å². The topological polar surface area (TPSA) is 71.8 Å². The molecule has 1 atom stereocenters. The van der Waals surface area contributed by atoms with Crippen molar-refractivity contribution in [3.05, 3.63) is 47.4 Å². The molecule has 1 unspecified atom stereocenters. The third kappa shape index (κ3) is 3.32. The summed E-state index contributed by atoms with van der Waals surface area (Å²) in [5.41, 5.74) is 0.494. The van der Waals surface area contributed by atoms with Gasteiger partial charge in [-0.2, -0.15) is 0 Å². The first-order valence-electron chi connectivity index (χ1n) is 7.11. The summed E-state index contributed by atoms with van der Waals surface area (Å²) < 4.78 is 10.7. The lowest BCUT2D eigenvalue weighted by Gasteiger charge is -2.32. The maximum Gasteiger partial charge on any atom is 0.268 e. The van der Waals surface area contributed by atoms with Crippen molar-refractivity contribution in [2.45, 2.75) is 19.6 Å². The highest BCUT2D eigenvalue weighted by Gasteiger charge is 2.32. The maximum atomic E-state index is 12.3. The van der Waals surface area contributed by atoms with Gasteiger partial charge in [-0.1, -0.05) is 11.6 Å². The van der Waals surface area contributed by atoms with Gasteiger partial charge in [0.15, 0.2) is 6.10 Å². The molecule has 0 radical (unpaired) electrons. The minimum absolute atomic E-state index is 0.111. The van der Waals surface area contributed by atoms with Crippen LogP contribution in [0.2, 0.25) is 5.02 Å². The van der Waals surface area contributed by atoms with E-state index in [2.05, 4.69) is 5.32 Å². The standard InChI is InChI=1S/C16H15ClN2O4/c1-10-16(21)19(13-7-11(17)4-5-14(13)23-10)9-15(20)18-8-12-3-2-6-22-12/h2-7,10H,8-9H2,1H3,(H,18,20). The molecule has 1 N–H and O–H groups in total. The van der Waals surface area contributed by atoms with Crippen LogP contribution in [0.25, 0.3) is 0 Å². The molecule has 120 valence electrons. The van der Waals surface area contributed by atoms with Gasteiger partial charge in [0.2, 0.25) is 5.91 Å². The van der Waals surface area contributed by atoms with E-state index in [0.717, 1.165) is 0 Å². The second-order valence-corrected chi connectivity index (χ2v) is 5.59. The van der Waals surface area contributed by atoms with Crippen LogP contribution in [-0.4, -0.2) is 24.5 Å². The Morgan fingerprint density at radius 3 is 2.96 bits per heavy atom. The first-order chi connectivity index (χ1) is 11.0. The summed E-state index contributed by atoms with van der Waals surface area (Å²) in [6.07, 6.45) is 0.883. The highest BCUT2D eigenvalue weighted by Crippen LogP contribution is 2.35. The number of amides is 2. The lowest BCUT2D eigenvalue weighted by atomic mass is 10.2. The number of ether oxygens (including phenoxy) is 1. The number of hydrogen-bond donors (Lipinski definition) is 1. The first-order valence-corrected chi connectivity index (χ1v) is 7.49. The normalized spacial score (nSPS) is 16.7. The molecule has 2 aromatic rings. The zero-order valence-corrected chi connectivity index (χ0v) is 13.2. The second-order valence-electron chi connectivity index (χ2n) is 5.15. The van der Waals surface area contributed by atoms with E-state index in [0.29, 0.717) is 22.2 Å². The minimum Gasteiger partial charge on any atom is -0.479 e. The molecule has 2 amide bonds. The van der Waals surface area contributed by atoms with Crippen molar-refractivity contribution in [2.75, 3.05) is 11.4 Å². The third-order valence-corrected chi connectivity index (χ3v) is 3.71. The lowest BCUT2D eigenvalue weighted by Crippen LogP contribution is -2.48. The summed E-state index contributed by atoms with van der Waals surface area (Å²) in [7, 11) is 0. The smallest absolute Gasteiger partial charge is 0.268 e. The molecule has 6 nitrogen and oxygen atoms in total. The number of hydrogen-bond acceptors (Lipinski definition) is 4. The Kier molecular flexibility index (Phi) is 4.25. The lowest BCUT2D eigenvalue weighted by molar-refractivity contribution is -0.128. The number of benzene rings is 1. The molecule has 1 aliphatic rings. The van der Waals surface area contributed by atoms with Gasteiger partial charge in [0, 0.05) is 5.02 Å². The van der Waals surface area contributed by atoms with Crippen LogP contribution in [0.4, 0.5) is 5.69 Å². The second kappa shape index (κ2) is 6.34. The Bertz CT molecular complexity index is 730. The number of nitrogens with one attached hydrogen (secondary N) is 1. The highest BCUT2D eigenvalue weighted by molar-refractivity contribution is 6.31. The monoisotopic (exact) mass is 334 g/mol. The Balaban J connectivity index is 1.74. The predicted octanol–water partition coefficient (Wildman–Crippen LogP) is 2.36. The summed E-state index contributed by atoms with van der Waals surface area (Å²) in [6, 6.07) is 8.48. The Morgan fingerprint density at radius 1 is 1.39 bits per heavy atom. The zero-order valence-electron chi connectivity index (χ0n) is 12.4. The van der Waals surface area contributed by atoms with E-state index in [9.17, 15) is 9.59 Å². The van der Waals surface area contributed by atoms with Gasteiger partial charge in [0.25, 0.3) is 5.91 Å². The van der Waals surface area contributed by atoms with Gasteiger partial charge < -0.3 is 14.5 Å². The number of carbonyl (C=O) groups is 2. The molecule has 0 aliphatic carbocycles. The molecule has 0 fully saturated rings. The predicted molar refractivity (Wildman–Crippen MR) is 84.4 cm³/mol. The summed E-state index contributed by atoms with van der Waals surface area (Å²) >= 11 is 5.98. The van der Waals surface area contributed by atoms with Gasteiger partial charge in [0.05, 0.1) is 18.5 Å². The third-order valence-electron chi connectivity index (χ3n) is 3.47.